The predicted molar refractivity (Wildman–Crippen MR) is 79.4 cm³/mol. The normalized spacial score (nSPS) is 12.1. The van der Waals surface area contributed by atoms with Crippen LogP contribution in [-0.4, -0.2) is 13.2 Å². The molecule has 1 N–H and O–H groups in total. The van der Waals surface area contributed by atoms with E-state index in [-0.39, 0.29) is 11.9 Å². The second-order valence-electron chi connectivity index (χ2n) is 4.65. The average Bonchev–Trinajstić information content (AvgIpc) is 2.49. The first-order chi connectivity index (χ1) is 9.81. The fraction of sp³-hybridized carbons (Fsp3) is 0.294. The molecule has 2 rings (SSSR count). The Morgan fingerprint density at radius 2 is 1.75 bits per heavy atom. The number of benzene rings is 2. The topological polar surface area (TPSA) is 21.3 Å². The van der Waals surface area contributed by atoms with Crippen LogP contribution in [0.25, 0.3) is 0 Å². The maximum atomic E-state index is 13.9. The second kappa shape index (κ2) is 7.65. The average molecular weight is 273 g/mol. The molecule has 2 nitrogen and oxygen atoms in total. The van der Waals surface area contributed by atoms with Gasteiger partial charge in [0.2, 0.25) is 0 Å². The number of halogens is 1. The Morgan fingerprint density at radius 1 is 1.05 bits per heavy atom. The molecule has 0 radical (unpaired) electrons. The van der Waals surface area contributed by atoms with Gasteiger partial charge in [-0.2, -0.15) is 0 Å². The van der Waals surface area contributed by atoms with Gasteiger partial charge in [-0.05, 0) is 31.2 Å². The summed E-state index contributed by atoms with van der Waals surface area (Å²) in [5.74, 6) is 0.602. The lowest BCUT2D eigenvalue weighted by atomic mass is 10.1. The Labute approximate surface area is 119 Å². The van der Waals surface area contributed by atoms with Gasteiger partial charge in [-0.15, -0.1) is 0 Å². The van der Waals surface area contributed by atoms with Crippen LogP contribution in [0.4, 0.5) is 4.39 Å². The molecule has 0 aliphatic carbocycles. The minimum absolute atomic E-state index is 0.142. The monoisotopic (exact) mass is 273 g/mol. The lowest BCUT2D eigenvalue weighted by Gasteiger charge is -2.20. The summed E-state index contributed by atoms with van der Waals surface area (Å²) < 4.78 is 19.6. The van der Waals surface area contributed by atoms with Crippen molar-refractivity contribution in [2.75, 3.05) is 13.2 Å². The fourth-order valence-electron chi connectivity index (χ4n) is 2.03. The number of ether oxygens (including phenoxy) is 1. The third kappa shape index (κ3) is 4.07. The Hall–Kier alpha value is -1.87. The number of hydrogen-bond donors (Lipinski definition) is 1. The molecule has 0 amide bonds. The van der Waals surface area contributed by atoms with Crippen molar-refractivity contribution in [1.82, 2.24) is 5.32 Å². The van der Waals surface area contributed by atoms with Crippen molar-refractivity contribution in [1.29, 1.82) is 0 Å². The van der Waals surface area contributed by atoms with Crippen molar-refractivity contribution in [3.05, 3.63) is 66.0 Å². The number of nitrogens with one attached hydrogen (secondary N) is 1. The third-order valence-electron chi connectivity index (χ3n) is 3.08. The summed E-state index contributed by atoms with van der Waals surface area (Å²) in [6, 6.07) is 16.3. The van der Waals surface area contributed by atoms with Crippen molar-refractivity contribution in [3.8, 4) is 5.75 Å². The molecule has 0 saturated heterocycles. The van der Waals surface area contributed by atoms with E-state index in [2.05, 4.69) is 12.2 Å². The van der Waals surface area contributed by atoms with Gasteiger partial charge in [0.25, 0.3) is 0 Å². The highest BCUT2D eigenvalue weighted by Gasteiger charge is 2.15. The van der Waals surface area contributed by atoms with E-state index in [1.54, 1.807) is 12.1 Å². The quantitative estimate of drug-likeness (QED) is 0.825. The van der Waals surface area contributed by atoms with E-state index >= 15 is 0 Å². The first-order valence-corrected chi connectivity index (χ1v) is 6.97. The molecule has 1 unspecified atom stereocenters. The molecule has 0 aliphatic heterocycles. The van der Waals surface area contributed by atoms with Crippen molar-refractivity contribution in [2.24, 2.45) is 0 Å². The van der Waals surface area contributed by atoms with Gasteiger partial charge in [-0.3, -0.25) is 0 Å². The predicted octanol–water partition coefficient (Wildman–Crippen LogP) is 3.95. The van der Waals surface area contributed by atoms with Crippen LogP contribution in [-0.2, 0) is 0 Å². The first kappa shape index (κ1) is 14.5. The zero-order valence-corrected chi connectivity index (χ0v) is 11.7. The standard InChI is InChI=1S/C17H20FNO/c1-2-12-19-17(15-10-6-7-11-16(15)18)13-20-14-8-4-3-5-9-14/h3-11,17,19H,2,12-13H2,1H3. The molecule has 0 aromatic heterocycles. The van der Waals surface area contributed by atoms with Crippen molar-refractivity contribution in [2.45, 2.75) is 19.4 Å². The molecule has 0 spiro atoms. The van der Waals surface area contributed by atoms with Gasteiger partial charge in [0.1, 0.15) is 18.2 Å². The summed E-state index contributed by atoms with van der Waals surface area (Å²) >= 11 is 0. The van der Waals surface area contributed by atoms with Gasteiger partial charge in [0.15, 0.2) is 0 Å². The minimum Gasteiger partial charge on any atom is -0.492 e. The van der Waals surface area contributed by atoms with Crippen LogP contribution < -0.4 is 10.1 Å². The van der Waals surface area contributed by atoms with Crippen LogP contribution in [0, 0.1) is 5.82 Å². The highest BCUT2D eigenvalue weighted by atomic mass is 19.1. The Kier molecular flexibility index (Phi) is 5.56. The molecule has 106 valence electrons. The highest BCUT2D eigenvalue weighted by Crippen LogP contribution is 2.19. The van der Waals surface area contributed by atoms with Gasteiger partial charge in [-0.25, -0.2) is 4.39 Å². The largest absolute Gasteiger partial charge is 0.492 e. The molecule has 0 bridgehead atoms. The molecular weight excluding hydrogens is 253 g/mol. The summed E-state index contributed by atoms with van der Waals surface area (Å²) in [7, 11) is 0. The number of hydrogen-bond acceptors (Lipinski definition) is 2. The first-order valence-electron chi connectivity index (χ1n) is 6.97. The van der Waals surface area contributed by atoms with E-state index in [0.717, 1.165) is 18.7 Å². The zero-order chi connectivity index (χ0) is 14.2. The Morgan fingerprint density at radius 3 is 2.45 bits per heavy atom. The van der Waals surface area contributed by atoms with Crippen LogP contribution in [0.5, 0.6) is 5.75 Å². The van der Waals surface area contributed by atoms with Gasteiger partial charge >= 0.3 is 0 Å². The SMILES string of the molecule is CCCNC(COc1ccccc1)c1ccccc1F. The summed E-state index contributed by atoms with van der Waals surface area (Å²) in [5, 5.41) is 3.33. The van der Waals surface area contributed by atoms with Crippen LogP contribution in [0.3, 0.4) is 0 Å². The van der Waals surface area contributed by atoms with E-state index in [0.29, 0.717) is 12.2 Å². The number of rotatable bonds is 7. The maximum Gasteiger partial charge on any atom is 0.128 e. The van der Waals surface area contributed by atoms with Crippen LogP contribution in [0.2, 0.25) is 0 Å². The van der Waals surface area contributed by atoms with E-state index in [4.69, 9.17) is 4.74 Å². The smallest absolute Gasteiger partial charge is 0.128 e. The van der Waals surface area contributed by atoms with Crippen molar-refractivity contribution < 1.29 is 9.13 Å². The zero-order valence-electron chi connectivity index (χ0n) is 11.7. The van der Waals surface area contributed by atoms with Crippen LogP contribution >= 0.6 is 0 Å². The van der Waals surface area contributed by atoms with Crippen LogP contribution in [0.1, 0.15) is 24.9 Å². The summed E-state index contributed by atoms with van der Waals surface area (Å²) in [6.45, 7) is 3.32. The lowest BCUT2D eigenvalue weighted by molar-refractivity contribution is 0.263. The molecule has 0 heterocycles. The molecule has 1 atom stereocenters. The Balaban J connectivity index is 2.06. The van der Waals surface area contributed by atoms with E-state index in [1.807, 2.05) is 36.4 Å². The molecule has 0 aliphatic rings. The molecule has 0 fully saturated rings. The van der Waals surface area contributed by atoms with E-state index in [1.165, 1.54) is 6.07 Å². The molecular formula is C17H20FNO. The molecule has 20 heavy (non-hydrogen) atoms. The highest BCUT2D eigenvalue weighted by molar-refractivity contribution is 5.23. The van der Waals surface area contributed by atoms with Gasteiger partial charge in [0, 0.05) is 5.56 Å². The second-order valence-corrected chi connectivity index (χ2v) is 4.65. The fourth-order valence-corrected chi connectivity index (χ4v) is 2.03. The van der Waals surface area contributed by atoms with Gasteiger partial charge in [0.05, 0.1) is 6.04 Å². The molecule has 0 saturated carbocycles. The van der Waals surface area contributed by atoms with Crippen LogP contribution in [0.15, 0.2) is 54.6 Å². The summed E-state index contributed by atoms with van der Waals surface area (Å²) in [4.78, 5) is 0. The van der Waals surface area contributed by atoms with Crippen molar-refractivity contribution >= 4 is 0 Å². The van der Waals surface area contributed by atoms with E-state index < -0.39 is 0 Å². The molecule has 2 aromatic carbocycles. The van der Waals surface area contributed by atoms with E-state index in [9.17, 15) is 4.39 Å². The maximum absolute atomic E-state index is 13.9. The molecule has 2 aromatic rings. The summed E-state index contributed by atoms with van der Waals surface area (Å²) in [6.07, 6.45) is 0.996. The summed E-state index contributed by atoms with van der Waals surface area (Å²) in [5.41, 5.74) is 0.650. The molecule has 3 heteroatoms. The number of para-hydroxylation sites is 1. The van der Waals surface area contributed by atoms with Crippen molar-refractivity contribution in [3.63, 3.8) is 0 Å². The third-order valence-corrected chi connectivity index (χ3v) is 3.08. The Bertz CT molecular complexity index is 515. The van der Waals surface area contributed by atoms with Gasteiger partial charge < -0.3 is 10.1 Å². The van der Waals surface area contributed by atoms with Gasteiger partial charge in [-0.1, -0.05) is 43.3 Å². The lowest BCUT2D eigenvalue weighted by Crippen LogP contribution is -2.28. The minimum atomic E-state index is -0.197.